The van der Waals surface area contributed by atoms with E-state index in [1.165, 1.54) is 6.92 Å². The lowest BCUT2D eigenvalue weighted by atomic mass is 10.1. The van der Waals surface area contributed by atoms with Crippen LogP contribution >= 0.6 is 0 Å². The Balaban J connectivity index is 1.60. The molecule has 2 aliphatic heterocycles. The van der Waals surface area contributed by atoms with Crippen LogP contribution in [0, 0.1) is 0 Å². The quantitative estimate of drug-likeness (QED) is 0.894. The minimum Gasteiger partial charge on any atom is -0.497 e. The van der Waals surface area contributed by atoms with Crippen LogP contribution in [0.25, 0.3) is 0 Å². The lowest BCUT2D eigenvalue weighted by molar-refractivity contribution is -0.126. The number of anilines is 1. The first-order valence-corrected chi connectivity index (χ1v) is 8.71. The van der Waals surface area contributed by atoms with Gasteiger partial charge in [-0.3, -0.25) is 9.59 Å². The number of amides is 2. The summed E-state index contributed by atoms with van der Waals surface area (Å²) >= 11 is 0. The first-order chi connectivity index (χ1) is 13.1. The zero-order chi connectivity index (χ0) is 19.0. The molecule has 0 saturated carbocycles. The van der Waals surface area contributed by atoms with Crippen molar-refractivity contribution in [3.63, 3.8) is 0 Å². The van der Waals surface area contributed by atoms with Gasteiger partial charge in [-0.2, -0.15) is 0 Å². The average molecular weight is 368 g/mol. The predicted molar refractivity (Wildman–Crippen MR) is 98.3 cm³/mol. The molecule has 2 amide bonds. The van der Waals surface area contributed by atoms with E-state index in [-0.39, 0.29) is 17.9 Å². The molecule has 2 aliphatic rings. The summed E-state index contributed by atoms with van der Waals surface area (Å²) in [5.74, 6) is 1.52. The summed E-state index contributed by atoms with van der Waals surface area (Å²) in [7, 11) is 1.56. The van der Waals surface area contributed by atoms with Crippen LogP contribution in [0.1, 0.15) is 18.5 Å². The van der Waals surface area contributed by atoms with E-state index in [9.17, 15) is 9.59 Å². The zero-order valence-electron chi connectivity index (χ0n) is 15.1. The van der Waals surface area contributed by atoms with Gasteiger partial charge in [0.25, 0.3) is 5.91 Å². The number of carbonyl (C=O) groups excluding carboxylic acids is 2. The highest BCUT2D eigenvalue weighted by Gasteiger charge is 2.40. The molecule has 2 aromatic carbocycles. The highest BCUT2D eigenvalue weighted by atomic mass is 16.6. The van der Waals surface area contributed by atoms with Gasteiger partial charge in [-0.15, -0.1) is 0 Å². The molecule has 2 unspecified atom stereocenters. The number of rotatable bonds is 4. The van der Waals surface area contributed by atoms with Crippen LogP contribution in [0.15, 0.2) is 42.5 Å². The molecule has 7 heteroatoms. The lowest BCUT2D eigenvalue weighted by Crippen LogP contribution is -2.44. The standard InChI is InChI=1S/C20H20N2O5/c1-12(23)21-19-15-9-13(25-2)7-8-16(15)22(20(19)24)10-14-11-26-17-5-3-4-6-18(17)27-14/h3-9,14,19H,10-11H2,1-2H3,(H,21,23). The number of nitrogens with one attached hydrogen (secondary N) is 1. The van der Waals surface area contributed by atoms with Crippen molar-refractivity contribution < 1.29 is 23.8 Å². The predicted octanol–water partition coefficient (Wildman–Crippen LogP) is 2.06. The molecule has 0 saturated heterocycles. The lowest BCUT2D eigenvalue weighted by Gasteiger charge is -2.30. The summed E-state index contributed by atoms with van der Waals surface area (Å²) in [6.07, 6.45) is -0.310. The van der Waals surface area contributed by atoms with E-state index >= 15 is 0 Å². The van der Waals surface area contributed by atoms with Crippen molar-refractivity contribution in [3.05, 3.63) is 48.0 Å². The molecule has 1 N–H and O–H groups in total. The van der Waals surface area contributed by atoms with Gasteiger partial charge in [0.2, 0.25) is 5.91 Å². The Morgan fingerprint density at radius 3 is 2.78 bits per heavy atom. The third kappa shape index (κ3) is 3.16. The molecule has 2 atom stereocenters. The normalized spacial score (nSPS) is 20.2. The molecular formula is C20H20N2O5. The fraction of sp³-hybridized carbons (Fsp3) is 0.300. The Hall–Kier alpha value is -3.22. The van der Waals surface area contributed by atoms with Gasteiger partial charge in [0.05, 0.1) is 13.7 Å². The van der Waals surface area contributed by atoms with Gasteiger partial charge in [-0.25, -0.2) is 0 Å². The molecule has 4 rings (SSSR count). The molecule has 0 aliphatic carbocycles. The number of methoxy groups -OCH3 is 1. The number of fused-ring (bicyclic) bond motifs is 2. The van der Waals surface area contributed by atoms with Crippen molar-refractivity contribution >= 4 is 17.5 Å². The third-order valence-corrected chi connectivity index (χ3v) is 4.65. The summed E-state index contributed by atoms with van der Waals surface area (Å²) in [5, 5.41) is 2.72. The maximum absolute atomic E-state index is 13.0. The first kappa shape index (κ1) is 17.2. The van der Waals surface area contributed by atoms with E-state index in [0.29, 0.717) is 36.0 Å². The van der Waals surface area contributed by atoms with E-state index < -0.39 is 6.04 Å². The highest BCUT2D eigenvalue weighted by molar-refractivity contribution is 6.06. The molecule has 2 aromatic rings. The Bertz CT molecular complexity index is 898. The van der Waals surface area contributed by atoms with Crippen LogP contribution in [0.3, 0.4) is 0 Å². The summed E-state index contributed by atoms with van der Waals surface area (Å²) in [4.78, 5) is 26.2. The van der Waals surface area contributed by atoms with Crippen molar-refractivity contribution in [2.24, 2.45) is 0 Å². The number of nitrogens with zero attached hydrogens (tertiary/aromatic N) is 1. The molecule has 27 heavy (non-hydrogen) atoms. The van der Waals surface area contributed by atoms with Crippen LogP contribution in [0.5, 0.6) is 17.2 Å². The molecule has 0 spiro atoms. The van der Waals surface area contributed by atoms with Crippen molar-refractivity contribution in [2.45, 2.75) is 19.1 Å². The number of benzene rings is 2. The summed E-state index contributed by atoms with van der Waals surface area (Å²) in [5.41, 5.74) is 1.45. The molecule has 0 fully saturated rings. The van der Waals surface area contributed by atoms with Crippen molar-refractivity contribution in [1.82, 2.24) is 5.32 Å². The molecule has 2 heterocycles. The molecule has 0 bridgehead atoms. The largest absolute Gasteiger partial charge is 0.497 e. The molecule has 0 aromatic heterocycles. The first-order valence-electron chi connectivity index (χ1n) is 8.71. The van der Waals surface area contributed by atoms with Gasteiger partial charge < -0.3 is 24.4 Å². The summed E-state index contributed by atoms with van der Waals surface area (Å²) in [6, 6.07) is 12.1. The van der Waals surface area contributed by atoms with Gasteiger partial charge in [0.15, 0.2) is 17.6 Å². The topological polar surface area (TPSA) is 77.1 Å². The smallest absolute Gasteiger partial charge is 0.254 e. The monoisotopic (exact) mass is 368 g/mol. The fourth-order valence-corrected chi connectivity index (χ4v) is 3.43. The van der Waals surface area contributed by atoms with Gasteiger partial charge in [-0.1, -0.05) is 12.1 Å². The molecule has 7 nitrogen and oxygen atoms in total. The van der Waals surface area contributed by atoms with Crippen molar-refractivity contribution in [1.29, 1.82) is 0 Å². The number of para-hydroxylation sites is 2. The number of carbonyl (C=O) groups is 2. The van der Waals surface area contributed by atoms with E-state index in [1.54, 1.807) is 24.1 Å². The summed E-state index contributed by atoms with van der Waals surface area (Å²) < 4.78 is 17.0. The molecule has 140 valence electrons. The molecular weight excluding hydrogens is 348 g/mol. The van der Waals surface area contributed by atoms with Crippen LogP contribution in [0.2, 0.25) is 0 Å². The second-order valence-electron chi connectivity index (χ2n) is 6.50. The number of ether oxygens (including phenoxy) is 3. The van der Waals surface area contributed by atoms with Gasteiger partial charge in [0.1, 0.15) is 18.4 Å². The van der Waals surface area contributed by atoms with Crippen molar-refractivity contribution in [2.75, 3.05) is 25.2 Å². The Labute approximate surface area is 156 Å². The SMILES string of the molecule is COc1ccc2c(c1)C(NC(C)=O)C(=O)N2CC1COc2ccccc2O1. The van der Waals surface area contributed by atoms with E-state index in [1.807, 2.05) is 30.3 Å². The molecule has 0 radical (unpaired) electrons. The summed E-state index contributed by atoms with van der Waals surface area (Å²) in [6.45, 7) is 2.06. The van der Waals surface area contributed by atoms with E-state index in [4.69, 9.17) is 14.2 Å². The average Bonchev–Trinajstić information content (AvgIpc) is 2.92. The van der Waals surface area contributed by atoms with Crippen LogP contribution in [-0.4, -0.2) is 38.2 Å². The van der Waals surface area contributed by atoms with E-state index in [2.05, 4.69) is 5.32 Å². The highest BCUT2D eigenvalue weighted by Crippen LogP contribution is 2.39. The van der Waals surface area contributed by atoms with Gasteiger partial charge >= 0.3 is 0 Å². The van der Waals surface area contributed by atoms with E-state index in [0.717, 1.165) is 5.69 Å². The number of hydrogen-bond donors (Lipinski definition) is 1. The van der Waals surface area contributed by atoms with Crippen LogP contribution < -0.4 is 24.4 Å². The second kappa shape index (κ2) is 6.83. The minimum absolute atomic E-state index is 0.198. The Kier molecular flexibility index (Phi) is 4.35. The van der Waals surface area contributed by atoms with Crippen LogP contribution in [-0.2, 0) is 9.59 Å². The third-order valence-electron chi connectivity index (χ3n) is 4.65. The fourth-order valence-electron chi connectivity index (χ4n) is 3.43. The van der Waals surface area contributed by atoms with Crippen LogP contribution in [0.4, 0.5) is 5.69 Å². The van der Waals surface area contributed by atoms with Gasteiger partial charge in [-0.05, 0) is 30.3 Å². The maximum Gasteiger partial charge on any atom is 0.254 e. The zero-order valence-corrected chi connectivity index (χ0v) is 15.1. The Morgan fingerprint density at radius 1 is 1.26 bits per heavy atom. The van der Waals surface area contributed by atoms with Gasteiger partial charge in [0, 0.05) is 18.2 Å². The minimum atomic E-state index is -0.732. The maximum atomic E-state index is 13.0. The Morgan fingerprint density at radius 2 is 2.04 bits per heavy atom. The number of hydrogen-bond acceptors (Lipinski definition) is 5. The van der Waals surface area contributed by atoms with Crippen molar-refractivity contribution in [3.8, 4) is 17.2 Å². The second-order valence-corrected chi connectivity index (χ2v) is 6.50.